The highest BCUT2D eigenvalue weighted by molar-refractivity contribution is 7.99. The third-order valence-electron chi connectivity index (χ3n) is 4.95. The number of aromatic amines is 1. The largest absolute Gasteiger partial charge is 0.339 e. The number of imidazole rings is 1. The molecule has 1 N–H and O–H groups in total. The van der Waals surface area contributed by atoms with Gasteiger partial charge in [0.25, 0.3) is 0 Å². The van der Waals surface area contributed by atoms with Crippen LogP contribution in [0.25, 0.3) is 11.0 Å². The first-order valence-electron chi connectivity index (χ1n) is 9.29. The van der Waals surface area contributed by atoms with Gasteiger partial charge in [0.2, 0.25) is 5.91 Å². The van der Waals surface area contributed by atoms with Crippen LogP contribution in [0.1, 0.15) is 15.9 Å². The number of hydrogen-bond donors (Lipinski definition) is 1. The molecule has 0 radical (unpaired) electrons. The van der Waals surface area contributed by atoms with Crippen LogP contribution in [-0.2, 0) is 4.79 Å². The average molecular weight is 395 g/mol. The molecule has 0 saturated carbocycles. The van der Waals surface area contributed by atoms with Gasteiger partial charge in [0, 0.05) is 37.3 Å². The van der Waals surface area contributed by atoms with Crippen molar-refractivity contribution in [1.29, 1.82) is 0 Å². The summed E-state index contributed by atoms with van der Waals surface area (Å²) in [6.07, 6.45) is 0. The van der Waals surface area contributed by atoms with Crippen molar-refractivity contribution in [2.45, 2.75) is 5.16 Å². The lowest BCUT2D eigenvalue weighted by atomic mass is 10.0. The van der Waals surface area contributed by atoms with Gasteiger partial charge in [-0.25, -0.2) is 4.98 Å². The lowest BCUT2D eigenvalue weighted by Gasteiger charge is -2.32. The third-order valence-corrected chi connectivity index (χ3v) is 5.80. The first-order valence-corrected chi connectivity index (χ1v) is 10.3. The van der Waals surface area contributed by atoms with Crippen LogP contribution in [0, 0.1) is 0 Å². The lowest BCUT2D eigenvalue weighted by molar-refractivity contribution is -0.129. The molecule has 4 rings (SSSR count). The van der Waals surface area contributed by atoms with Crippen LogP contribution in [0.2, 0.25) is 0 Å². The minimum Gasteiger partial charge on any atom is -0.339 e. The molecule has 1 amide bonds. The summed E-state index contributed by atoms with van der Waals surface area (Å²) >= 11 is 1.40. The summed E-state index contributed by atoms with van der Waals surface area (Å²) in [6.45, 7) is 3.39. The zero-order valence-corrected chi connectivity index (χ0v) is 16.5. The van der Waals surface area contributed by atoms with Crippen LogP contribution in [0.15, 0.2) is 53.7 Å². The van der Waals surface area contributed by atoms with Crippen LogP contribution in [0.5, 0.6) is 0 Å². The van der Waals surface area contributed by atoms with Crippen LogP contribution < -0.4 is 0 Å². The van der Waals surface area contributed by atoms with Gasteiger partial charge in [0.1, 0.15) is 0 Å². The fourth-order valence-electron chi connectivity index (χ4n) is 3.23. The number of hydrogen-bond acceptors (Lipinski definition) is 5. The Labute approximate surface area is 167 Å². The van der Waals surface area contributed by atoms with E-state index in [-0.39, 0.29) is 11.7 Å². The van der Waals surface area contributed by atoms with E-state index in [9.17, 15) is 9.59 Å². The number of amides is 1. The van der Waals surface area contributed by atoms with Crippen molar-refractivity contribution >= 4 is 34.5 Å². The van der Waals surface area contributed by atoms with E-state index in [1.165, 1.54) is 11.8 Å². The molecule has 0 aliphatic carbocycles. The van der Waals surface area contributed by atoms with Crippen molar-refractivity contribution in [3.05, 3.63) is 59.7 Å². The molecule has 1 aliphatic rings. The molecule has 0 atom stereocenters. The number of H-pyrrole nitrogens is 1. The molecule has 0 bridgehead atoms. The quantitative estimate of drug-likeness (QED) is 0.532. The number of piperazine rings is 1. The van der Waals surface area contributed by atoms with Crippen LogP contribution in [-0.4, -0.2) is 70.4 Å². The number of nitrogens with one attached hydrogen (secondary N) is 1. The molecule has 6 nitrogen and oxygen atoms in total. The van der Waals surface area contributed by atoms with Crippen molar-refractivity contribution < 1.29 is 9.59 Å². The summed E-state index contributed by atoms with van der Waals surface area (Å²) in [7, 11) is 2.07. The van der Waals surface area contributed by atoms with Crippen molar-refractivity contribution in [2.75, 3.05) is 39.0 Å². The van der Waals surface area contributed by atoms with Gasteiger partial charge < -0.3 is 14.8 Å². The molecule has 1 fully saturated rings. The molecule has 1 saturated heterocycles. The molecule has 0 unspecified atom stereocenters. The van der Waals surface area contributed by atoms with Gasteiger partial charge in [-0.2, -0.15) is 0 Å². The number of thioether (sulfide) groups is 1. The zero-order chi connectivity index (χ0) is 19.5. The van der Waals surface area contributed by atoms with Gasteiger partial charge in [-0.1, -0.05) is 42.1 Å². The molecule has 28 heavy (non-hydrogen) atoms. The topological polar surface area (TPSA) is 69.3 Å². The Balaban J connectivity index is 1.43. The monoisotopic (exact) mass is 394 g/mol. The third kappa shape index (κ3) is 4.10. The SMILES string of the molecule is CN1CCN(C(=O)CSc2nc3ccc(C(=O)c4ccccc4)cc3[nH]2)CC1. The van der Waals surface area contributed by atoms with E-state index in [0.717, 1.165) is 37.2 Å². The van der Waals surface area contributed by atoms with Crippen molar-refractivity contribution in [3.63, 3.8) is 0 Å². The number of rotatable bonds is 5. The first kappa shape index (κ1) is 18.7. The van der Waals surface area contributed by atoms with Gasteiger partial charge in [-0.15, -0.1) is 0 Å². The van der Waals surface area contributed by atoms with E-state index in [4.69, 9.17) is 0 Å². The summed E-state index contributed by atoms with van der Waals surface area (Å²) in [4.78, 5) is 36.9. The number of ketones is 1. The molecule has 2 aromatic carbocycles. The summed E-state index contributed by atoms with van der Waals surface area (Å²) in [5, 5.41) is 0.696. The predicted octanol–water partition coefficient (Wildman–Crippen LogP) is 2.66. The van der Waals surface area contributed by atoms with E-state index in [1.54, 1.807) is 6.07 Å². The second-order valence-corrected chi connectivity index (χ2v) is 7.91. The van der Waals surface area contributed by atoms with Crippen LogP contribution in [0.4, 0.5) is 0 Å². The maximum absolute atomic E-state index is 12.6. The summed E-state index contributed by atoms with van der Waals surface area (Å²) < 4.78 is 0. The molecule has 0 spiro atoms. The fourth-order valence-corrected chi connectivity index (χ4v) is 4.02. The van der Waals surface area contributed by atoms with Crippen molar-refractivity contribution in [3.8, 4) is 0 Å². The minimum absolute atomic E-state index is 0.0171. The Hall–Kier alpha value is -2.64. The molecular formula is C21H22N4O2S. The fraction of sp³-hybridized carbons (Fsp3) is 0.286. The molecule has 144 valence electrons. The van der Waals surface area contributed by atoms with Gasteiger partial charge in [0.15, 0.2) is 10.9 Å². The Bertz CT molecular complexity index is 994. The molecule has 7 heteroatoms. The minimum atomic E-state index is -0.0171. The van der Waals surface area contributed by atoms with Gasteiger partial charge >= 0.3 is 0 Å². The standard InChI is InChI=1S/C21H22N4O2S/c1-24-9-11-25(12-10-24)19(26)14-28-21-22-17-8-7-16(13-18(17)23-21)20(27)15-5-3-2-4-6-15/h2-8,13H,9-12,14H2,1H3,(H,22,23). The second-order valence-electron chi connectivity index (χ2n) is 6.94. The number of carbonyl (C=O) groups is 2. The molecule has 2 heterocycles. The molecular weight excluding hydrogens is 372 g/mol. The zero-order valence-electron chi connectivity index (χ0n) is 15.7. The van der Waals surface area contributed by atoms with Gasteiger partial charge in [-0.05, 0) is 25.2 Å². The molecule has 1 aliphatic heterocycles. The highest BCUT2D eigenvalue weighted by Crippen LogP contribution is 2.22. The maximum Gasteiger partial charge on any atom is 0.233 e. The van der Waals surface area contributed by atoms with E-state index in [0.29, 0.717) is 22.0 Å². The van der Waals surface area contributed by atoms with Gasteiger partial charge in [-0.3, -0.25) is 9.59 Å². The Kier molecular flexibility index (Phi) is 5.45. The van der Waals surface area contributed by atoms with Crippen LogP contribution >= 0.6 is 11.8 Å². The van der Waals surface area contributed by atoms with E-state index in [2.05, 4.69) is 21.9 Å². The van der Waals surface area contributed by atoms with Crippen molar-refractivity contribution in [2.24, 2.45) is 0 Å². The maximum atomic E-state index is 12.6. The highest BCUT2D eigenvalue weighted by Gasteiger charge is 2.19. The highest BCUT2D eigenvalue weighted by atomic mass is 32.2. The number of aromatic nitrogens is 2. The summed E-state index contributed by atoms with van der Waals surface area (Å²) in [6, 6.07) is 14.7. The van der Waals surface area contributed by atoms with Crippen molar-refractivity contribution in [1.82, 2.24) is 19.8 Å². The number of nitrogens with zero attached hydrogens (tertiary/aromatic N) is 3. The average Bonchev–Trinajstić information content (AvgIpc) is 3.14. The smallest absolute Gasteiger partial charge is 0.233 e. The van der Waals surface area contributed by atoms with Gasteiger partial charge in [0.05, 0.1) is 16.8 Å². The lowest BCUT2D eigenvalue weighted by Crippen LogP contribution is -2.47. The van der Waals surface area contributed by atoms with E-state index < -0.39 is 0 Å². The Morgan fingerprint density at radius 1 is 1.04 bits per heavy atom. The summed E-state index contributed by atoms with van der Waals surface area (Å²) in [5.41, 5.74) is 2.87. The van der Waals surface area contributed by atoms with E-state index in [1.807, 2.05) is 47.4 Å². The number of likely N-dealkylation sites (N-methyl/N-ethyl adjacent to an activating group) is 1. The second kappa shape index (κ2) is 8.16. The van der Waals surface area contributed by atoms with Crippen LogP contribution in [0.3, 0.4) is 0 Å². The number of fused-ring (bicyclic) bond motifs is 1. The first-order chi connectivity index (χ1) is 13.6. The number of carbonyl (C=O) groups excluding carboxylic acids is 2. The number of benzene rings is 2. The predicted molar refractivity (Wildman–Crippen MR) is 111 cm³/mol. The van der Waals surface area contributed by atoms with E-state index >= 15 is 0 Å². The summed E-state index contributed by atoms with van der Waals surface area (Å²) in [5.74, 6) is 0.481. The molecule has 3 aromatic rings. The normalized spacial score (nSPS) is 15.1. The Morgan fingerprint density at radius 3 is 2.54 bits per heavy atom. The molecule has 1 aromatic heterocycles. The Morgan fingerprint density at radius 2 is 1.79 bits per heavy atom.